The number of halogens is 1. The molecule has 3 heteroatoms. The van der Waals surface area contributed by atoms with Gasteiger partial charge in [-0.05, 0) is 61.2 Å². The number of hydrogen-bond acceptors (Lipinski definition) is 2. The van der Waals surface area contributed by atoms with Gasteiger partial charge in [-0.2, -0.15) is 0 Å². The summed E-state index contributed by atoms with van der Waals surface area (Å²) >= 11 is 6.26. The van der Waals surface area contributed by atoms with Crippen molar-refractivity contribution in [3.63, 3.8) is 0 Å². The van der Waals surface area contributed by atoms with Crippen molar-refractivity contribution in [2.24, 2.45) is 0 Å². The number of nitrogens with zero attached hydrogens (tertiary/aromatic N) is 1. The van der Waals surface area contributed by atoms with Crippen molar-refractivity contribution in [3.05, 3.63) is 64.4 Å². The van der Waals surface area contributed by atoms with Gasteiger partial charge in [0.1, 0.15) is 0 Å². The van der Waals surface area contributed by atoms with Crippen LogP contribution in [0.25, 0.3) is 0 Å². The van der Waals surface area contributed by atoms with Crippen LogP contribution in [-0.2, 0) is 6.42 Å². The van der Waals surface area contributed by atoms with Crippen LogP contribution < -0.4 is 5.32 Å². The number of pyridine rings is 1. The molecule has 0 aliphatic rings. The molecule has 2 aromatic rings. The number of nitrogens with one attached hydrogen (secondary N) is 1. The first-order valence-electron chi connectivity index (χ1n) is 7.09. The van der Waals surface area contributed by atoms with Crippen LogP contribution in [0.15, 0.2) is 42.7 Å². The zero-order valence-corrected chi connectivity index (χ0v) is 12.8. The second kappa shape index (κ2) is 7.41. The van der Waals surface area contributed by atoms with Crippen molar-refractivity contribution in [2.45, 2.75) is 32.7 Å². The second-order valence-corrected chi connectivity index (χ2v) is 5.43. The molecule has 1 unspecified atom stereocenters. The summed E-state index contributed by atoms with van der Waals surface area (Å²) in [6, 6.07) is 10.6. The Kier molecular flexibility index (Phi) is 5.57. The summed E-state index contributed by atoms with van der Waals surface area (Å²) in [4.78, 5) is 4.08. The Balaban J connectivity index is 2.25. The quantitative estimate of drug-likeness (QED) is 0.856. The van der Waals surface area contributed by atoms with Crippen LogP contribution >= 0.6 is 11.6 Å². The van der Waals surface area contributed by atoms with Gasteiger partial charge in [-0.3, -0.25) is 4.98 Å². The SMILES string of the molecule is CCCNC(Cc1ccncc1)c1cccc(Cl)c1C. The summed E-state index contributed by atoms with van der Waals surface area (Å²) in [7, 11) is 0. The molecule has 1 atom stereocenters. The smallest absolute Gasteiger partial charge is 0.0438 e. The van der Waals surface area contributed by atoms with Crippen LogP contribution in [-0.4, -0.2) is 11.5 Å². The fraction of sp³-hybridized carbons (Fsp3) is 0.353. The molecule has 1 N–H and O–H groups in total. The molecular formula is C17H21ClN2. The van der Waals surface area contributed by atoms with Gasteiger partial charge in [0.15, 0.2) is 0 Å². The molecule has 0 amide bonds. The Labute approximate surface area is 126 Å². The van der Waals surface area contributed by atoms with Crippen LogP contribution in [0.1, 0.15) is 36.1 Å². The van der Waals surface area contributed by atoms with Crippen molar-refractivity contribution < 1.29 is 0 Å². The van der Waals surface area contributed by atoms with Crippen LogP contribution in [0, 0.1) is 6.92 Å². The minimum Gasteiger partial charge on any atom is -0.310 e. The van der Waals surface area contributed by atoms with Crippen LogP contribution in [0.4, 0.5) is 0 Å². The molecule has 1 aromatic carbocycles. The van der Waals surface area contributed by atoms with E-state index in [1.54, 1.807) is 0 Å². The minimum atomic E-state index is 0.288. The van der Waals surface area contributed by atoms with Crippen molar-refractivity contribution in [1.29, 1.82) is 0 Å². The van der Waals surface area contributed by atoms with E-state index in [1.807, 2.05) is 24.5 Å². The monoisotopic (exact) mass is 288 g/mol. The maximum Gasteiger partial charge on any atom is 0.0438 e. The molecule has 106 valence electrons. The topological polar surface area (TPSA) is 24.9 Å². The number of aromatic nitrogens is 1. The van der Waals surface area contributed by atoms with E-state index in [0.717, 1.165) is 30.0 Å². The highest BCUT2D eigenvalue weighted by atomic mass is 35.5. The first kappa shape index (κ1) is 15.0. The lowest BCUT2D eigenvalue weighted by Gasteiger charge is -2.21. The van der Waals surface area contributed by atoms with Gasteiger partial charge in [0.2, 0.25) is 0 Å². The van der Waals surface area contributed by atoms with Crippen molar-refractivity contribution in [2.75, 3.05) is 6.54 Å². The molecular weight excluding hydrogens is 268 g/mol. The first-order valence-corrected chi connectivity index (χ1v) is 7.47. The van der Waals surface area contributed by atoms with Crippen molar-refractivity contribution in [1.82, 2.24) is 10.3 Å². The van der Waals surface area contributed by atoms with Gasteiger partial charge in [-0.15, -0.1) is 0 Å². The molecule has 0 radical (unpaired) electrons. The standard InChI is InChI=1S/C17H21ClN2/c1-3-9-20-17(12-14-7-10-19-11-8-14)15-5-4-6-16(18)13(15)2/h4-8,10-11,17,20H,3,9,12H2,1-2H3. The lowest BCUT2D eigenvalue weighted by molar-refractivity contribution is 0.527. The molecule has 0 saturated heterocycles. The number of rotatable bonds is 6. The van der Waals surface area contributed by atoms with E-state index in [1.165, 1.54) is 11.1 Å². The third-order valence-corrected chi connectivity index (χ3v) is 3.92. The Bertz CT molecular complexity index is 540. The summed E-state index contributed by atoms with van der Waals surface area (Å²) in [5.74, 6) is 0. The van der Waals surface area contributed by atoms with Gasteiger partial charge in [-0.25, -0.2) is 0 Å². The van der Waals surface area contributed by atoms with E-state index < -0.39 is 0 Å². The van der Waals surface area contributed by atoms with Crippen molar-refractivity contribution in [3.8, 4) is 0 Å². The largest absolute Gasteiger partial charge is 0.310 e. The van der Waals surface area contributed by atoms with E-state index in [0.29, 0.717) is 0 Å². The molecule has 2 nitrogen and oxygen atoms in total. The Hall–Kier alpha value is -1.38. The summed E-state index contributed by atoms with van der Waals surface area (Å²) in [6.07, 6.45) is 5.75. The van der Waals surface area contributed by atoms with Crippen LogP contribution in [0.2, 0.25) is 5.02 Å². The van der Waals surface area contributed by atoms with E-state index >= 15 is 0 Å². The predicted molar refractivity (Wildman–Crippen MR) is 85.2 cm³/mol. The highest BCUT2D eigenvalue weighted by Crippen LogP contribution is 2.26. The van der Waals surface area contributed by atoms with E-state index in [2.05, 4.69) is 42.3 Å². The summed E-state index contributed by atoms with van der Waals surface area (Å²) in [5.41, 5.74) is 3.73. The summed E-state index contributed by atoms with van der Waals surface area (Å²) in [6.45, 7) is 5.27. The fourth-order valence-electron chi connectivity index (χ4n) is 2.37. The van der Waals surface area contributed by atoms with Crippen molar-refractivity contribution >= 4 is 11.6 Å². The molecule has 0 saturated carbocycles. The highest BCUT2D eigenvalue weighted by Gasteiger charge is 2.15. The van der Waals surface area contributed by atoms with E-state index in [-0.39, 0.29) is 6.04 Å². The maximum atomic E-state index is 6.26. The maximum absolute atomic E-state index is 6.26. The Morgan fingerprint density at radius 3 is 2.65 bits per heavy atom. The van der Waals surface area contributed by atoms with Gasteiger partial charge in [0, 0.05) is 23.5 Å². The molecule has 1 aromatic heterocycles. The molecule has 0 aliphatic heterocycles. The molecule has 0 fully saturated rings. The molecule has 0 bridgehead atoms. The third kappa shape index (κ3) is 3.81. The fourth-order valence-corrected chi connectivity index (χ4v) is 2.55. The normalized spacial score (nSPS) is 12.3. The predicted octanol–water partition coefficient (Wildman–Crippen LogP) is 4.33. The summed E-state index contributed by atoms with van der Waals surface area (Å²) in [5, 5.41) is 4.46. The second-order valence-electron chi connectivity index (χ2n) is 5.02. The van der Waals surface area contributed by atoms with E-state index in [9.17, 15) is 0 Å². The van der Waals surface area contributed by atoms with Gasteiger partial charge in [0.25, 0.3) is 0 Å². The van der Waals surface area contributed by atoms with Gasteiger partial charge in [0.05, 0.1) is 0 Å². The Morgan fingerprint density at radius 1 is 1.20 bits per heavy atom. The lowest BCUT2D eigenvalue weighted by atomic mass is 9.95. The Morgan fingerprint density at radius 2 is 1.95 bits per heavy atom. The van der Waals surface area contributed by atoms with Crippen LogP contribution in [0.3, 0.4) is 0 Å². The van der Waals surface area contributed by atoms with Crippen LogP contribution in [0.5, 0.6) is 0 Å². The average Bonchev–Trinajstić information content (AvgIpc) is 2.48. The molecule has 0 aliphatic carbocycles. The highest BCUT2D eigenvalue weighted by molar-refractivity contribution is 6.31. The molecule has 0 spiro atoms. The first-order chi connectivity index (χ1) is 9.72. The number of benzene rings is 1. The zero-order chi connectivity index (χ0) is 14.4. The number of hydrogen-bond donors (Lipinski definition) is 1. The van der Waals surface area contributed by atoms with Gasteiger partial charge >= 0.3 is 0 Å². The molecule has 1 heterocycles. The minimum absolute atomic E-state index is 0.288. The lowest BCUT2D eigenvalue weighted by Crippen LogP contribution is -2.24. The molecule has 20 heavy (non-hydrogen) atoms. The zero-order valence-electron chi connectivity index (χ0n) is 12.1. The average molecular weight is 289 g/mol. The van der Waals surface area contributed by atoms with E-state index in [4.69, 9.17) is 11.6 Å². The van der Waals surface area contributed by atoms with Gasteiger partial charge in [-0.1, -0.05) is 30.7 Å². The van der Waals surface area contributed by atoms with Gasteiger partial charge < -0.3 is 5.32 Å². The third-order valence-electron chi connectivity index (χ3n) is 3.51. The molecule has 2 rings (SSSR count). The summed E-state index contributed by atoms with van der Waals surface area (Å²) < 4.78 is 0.